The highest BCUT2D eigenvalue weighted by Crippen LogP contribution is 2.20. The van der Waals surface area contributed by atoms with Gasteiger partial charge in [0.2, 0.25) is 0 Å². The molecule has 1 aliphatic heterocycles. The van der Waals surface area contributed by atoms with Crippen LogP contribution in [0.25, 0.3) is 10.8 Å². The third-order valence-electron chi connectivity index (χ3n) is 4.93. The van der Waals surface area contributed by atoms with Gasteiger partial charge in [0.05, 0.1) is 13.6 Å². The van der Waals surface area contributed by atoms with Crippen molar-refractivity contribution in [3.8, 4) is 5.75 Å². The Balaban J connectivity index is 1.33. The molecule has 0 radical (unpaired) electrons. The molecule has 0 unspecified atom stereocenters. The molecule has 3 rings (SSSR count). The zero-order valence-corrected chi connectivity index (χ0v) is 15.0. The lowest BCUT2D eigenvalue weighted by Gasteiger charge is -2.27. The van der Waals surface area contributed by atoms with Gasteiger partial charge in [-0.3, -0.25) is 4.79 Å². The number of carbonyl (C=O) groups excluding carboxylic acids is 1. The topological polar surface area (TPSA) is 47.2 Å². The molecule has 0 atom stereocenters. The van der Waals surface area contributed by atoms with E-state index in [1.807, 2.05) is 36.4 Å². The van der Waals surface area contributed by atoms with Gasteiger partial charge in [0, 0.05) is 13.0 Å². The van der Waals surface area contributed by atoms with E-state index in [9.17, 15) is 4.79 Å². The first-order valence-corrected chi connectivity index (χ1v) is 9.24. The first kappa shape index (κ1) is 17.7. The summed E-state index contributed by atoms with van der Waals surface area (Å²) in [6.45, 7) is 6.92. The Morgan fingerprint density at radius 3 is 2.64 bits per heavy atom. The monoisotopic (exact) mass is 343 g/mol. The first-order chi connectivity index (χ1) is 12.2. The molecule has 1 aliphatic rings. The molecule has 3 N–H and O–H groups in total. The Hall–Kier alpha value is -2.11. The van der Waals surface area contributed by atoms with Gasteiger partial charge in [-0.05, 0) is 22.9 Å². The van der Waals surface area contributed by atoms with Crippen molar-refractivity contribution in [2.24, 2.45) is 0 Å². The van der Waals surface area contributed by atoms with E-state index < -0.39 is 0 Å². The zero-order chi connectivity index (χ0) is 17.5. The Morgan fingerprint density at radius 2 is 1.84 bits per heavy atom. The van der Waals surface area contributed by atoms with Gasteiger partial charge in [0.15, 0.2) is 6.61 Å². The average Bonchev–Trinajstić information content (AvgIpc) is 2.65. The van der Waals surface area contributed by atoms with Crippen LogP contribution in [-0.4, -0.2) is 58.8 Å². The molecule has 0 bridgehead atoms. The number of likely N-dealkylation sites (N-methyl/N-ethyl adjacent to an activating group) is 1. The van der Waals surface area contributed by atoms with Crippen molar-refractivity contribution >= 4 is 16.7 Å². The molecule has 134 valence electrons. The van der Waals surface area contributed by atoms with Gasteiger partial charge in [-0.2, -0.15) is 0 Å². The lowest BCUT2D eigenvalue weighted by molar-refractivity contribution is -1.00. The Bertz CT molecular complexity index is 696. The Kier molecular flexibility index (Phi) is 6.25. The highest BCUT2D eigenvalue weighted by molar-refractivity contribution is 5.84. The second-order valence-electron chi connectivity index (χ2n) is 6.96. The maximum Gasteiger partial charge on any atom is 0.257 e. The molecular formula is C20H29N3O2+2. The second-order valence-corrected chi connectivity index (χ2v) is 6.96. The van der Waals surface area contributed by atoms with Crippen molar-refractivity contribution in [3.05, 3.63) is 42.5 Å². The van der Waals surface area contributed by atoms with Crippen molar-refractivity contribution in [2.75, 3.05) is 52.9 Å². The second kappa shape index (κ2) is 8.83. The number of rotatable bonds is 7. The summed E-state index contributed by atoms with van der Waals surface area (Å²) < 4.78 is 5.61. The van der Waals surface area contributed by atoms with Crippen molar-refractivity contribution in [1.82, 2.24) is 5.32 Å². The number of fused-ring (bicyclic) bond motifs is 1. The molecule has 25 heavy (non-hydrogen) atoms. The summed E-state index contributed by atoms with van der Waals surface area (Å²) in [4.78, 5) is 15.2. The number of piperazine rings is 1. The van der Waals surface area contributed by atoms with E-state index in [-0.39, 0.29) is 12.5 Å². The maximum absolute atomic E-state index is 11.9. The van der Waals surface area contributed by atoms with Crippen LogP contribution in [0.1, 0.15) is 6.42 Å². The van der Waals surface area contributed by atoms with Gasteiger partial charge in [-0.15, -0.1) is 0 Å². The molecule has 2 aromatic rings. The van der Waals surface area contributed by atoms with Crippen LogP contribution in [-0.2, 0) is 4.79 Å². The fourth-order valence-electron chi connectivity index (χ4n) is 3.30. The van der Waals surface area contributed by atoms with Crippen LogP contribution in [0.4, 0.5) is 0 Å². The molecule has 0 spiro atoms. The molecule has 1 saturated heterocycles. The van der Waals surface area contributed by atoms with Crippen molar-refractivity contribution in [1.29, 1.82) is 0 Å². The van der Waals surface area contributed by atoms with E-state index >= 15 is 0 Å². The number of hydrogen-bond acceptors (Lipinski definition) is 2. The average molecular weight is 343 g/mol. The number of hydrogen-bond donors (Lipinski definition) is 3. The van der Waals surface area contributed by atoms with Gasteiger partial charge in [0.1, 0.15) is 31.9 Å². The summed E-state index contributed by atoms with van der Waals surface area (Å²) in [6, 6.07) is 14.0. The van der Waals surface area contributed by atoms with Crippen LogP contribution >= 0.6 is 0 Å². The summed E-state index contributed by atoms with van der Waals surface area (Å²) in [5.74, 6) is 0.684. The smallest absolute Gasteiger partial charge is 0.257 e. The predicted octanol–water partition coefficient (Wildman–Crippen LogP) is -0.862. The van der Waals surface area contributed by atoms with E-state index in [4.69, 9.17) is 4.74 Å². The van der Waals surface area contributed by atoms with Crippen LogP contribution < -0.4 is 19.9 Å². The molecule has 0 saturated carbocycles. The molecular weight excluding hydrogens is 314 g/mol. The van der Waals surface area contributed by atoms with Crippen molar-refractivity contribution < 1.29 is 19.3 Å². The molecule has 1 heterocycles. The standard InChI is InChI=1S/C20H27N3O2/c1-22-11-13-23(14-12-22)10-4-9-21-20(24)16-25-19-8-7-17-5-2-3-6-18(17)15-19/h2-3,5-8,15H,4,9-14,16H2,1H3,(H,21,24)/p+2. The lowest BCUT2D eigenvalue weighted by atomic mass is 10.1. The van der Waals surface area contributed by atoms with Crippen LogP contribution in [0.15, 0.2) is 42.5 Å². The largest absolute Gasteiger partial charge is 0.484 e. The van der Waals surface area contributed by atoms with Crippen LogP contribution in [0.3, 0.4) is 0 Å². The molecule has 1 amide bonds. The summed E-state index contributed by atoms with van der Waals surface area (Å²) in [5, 5.41) is 5.25. The molecule has 0 aromatic heterocycles. The summed E-state index contributed by atoms with van der Waals surface area (Å²) in [7, 11) is 2.26. The highest BCUT2D eigenvalue weighted by Gasteiger charge is 2.18. The minimum absolute atomic E-state index is 0.0500. The third-order valence-corrected chi connectivity index (χ3v) is 4.93. The van der Waals surface area contributed by atoms with E-state index in [2.05, 4.69) is 18.4 Å². The quantitative estimate of drug-likeness (QED) is 0.573. The number of carbonyl (C=O) groups is 1. The Labute approximate surface area is 149 Å². The molecule has 2 aromatic carbocycles. The van der Waals surface area contributed by atoms with Crippen LogP contribution in [0.2, 0.25) is 0 Å². The fourth-order valence-corrected chi connectivity index (χ4v) is 3.30. The van der Waals surface area contributed by atoms with Gasteiger partial charge in [-0.25, -0.2) is 0 Å². The normalized spacial score (nSPS) is 20.4. The number of benzene rings is 2. The minimum atomic E-state index is -0.0500. The summed E-state index contributed by atoms with van der Waals surface area (Å²) in [5.41, 5.74) is 0. The van der Waals surface area contributed by atoms with E-state index in [1.165, 1.54) is 31.6 Å². The third kappa shape index (κ3) is 5.44. The zero-order valence-electron chi connectivity index (χ0n) is 15.0. The number of amides is 1. The van der Waals surface area contributed by atoms with E-state index in [0.29, 0.717) is 0 Å². The summed E-state index contributed by atoms with van der Waals surface area (Å²) in [6.07, 6.45) is 1.02. The van der Waals surface area contributed by atoms with Crippen molar-refractivity contribution in [2.45, 2.75) is 6.42 Å². The van der Waals surface area contributed by atoms with E-state index in [0.717, 1.165) is 30.6 Å². The summed E-state index contributed by atoms with van der Waals surface area (Å²) >= 11 is 0. The van der Waals surface area contributed by atoms with Gasteiger partial charge in [0.25, 0.3) is 5.91 Å². The first-order valence-electron chi connectivity index (χ1n) is 9.24. The Morgan fingerprint density at radius 1 is 1.08 bits per heavy atom. The lowest BCUT2D eigenvalue weighted by Crippen LogP contribution is -3.27. The van der Waals surface area contributed by atoms with Crippen LogP contribution in [0.5, 0.6) is 5.75 Å². The fraction of sp³-hybridized carbons (Fsp3) is 0.450. The minimum Gasteiger partial charge on any atom is -0.484 e. The number of ether oxygens (including phenoxy) is 1. The maximum atomic E-state index is 11.9. The van der Waals surface area contributed by atoms with E-state index in [1.54, 1.807) is 9.80 Å². The van der Waals surface area contributed by atoms with Gasteiger partial charge in [-0.1, -0.05) is 30.3 Å². The number of nitrogens with one attached hydrogen (secondary N) is 3. The van der Waals surface area contributed by atoms with Crippen LogP contribution in [0, 0.1) is 0 Å². The predicted molar refractivity (Wildman–Crippen MR) is 99.3 cm³/mol. The molecule has 5 nitrogen and oxygen atoms in total. The van der Waals surface area contributed by atoms with Crippen molar-refractivity contribution in [3.63, 3.8) is 0 Å². The highest BCUT2D eigenvalue weighted by atomic mass is 16.5. The molecule has 0 aliphatic carbocycles. The SMILES string of the molecule is C[NH+]1CC[NH+](CCCNC(=O)COc2ccc3ccccc3c2)CC1. The molecule has 1 fully saturated rings. The molecule has 5 heteroatoms. The number of quaternary nitrogens is 2. The van der Waals surface area contributed by atoms with Gasteiger partial charge >= 0.3 is 0 Å². The van der Waals surface area contributed by atoms with Gasteiger partial charge < -0.3 is 19.9 Å².